The summed E-state index contributed by atoms with van der Waals surface area (Å²) in [4.78, 5) is 4.10. The third kappa shape index (κ3) is 4.32. The summed E-state index contributed by atoms with van der Waals surface area (Å²) >= 11 is 12.3. The lowest BCUT2D eigenvalue weighted by molar-refractivity contribution is 0.306. The van der Waals surface area contributed by atoms with Crippen LogP contribution in [0.5, 0.6) is 5.75 Å². The van der Waals surface area contributed by atoms with Gasteiger partial charge in [-0.25, -0.2) is 9.66 Å². The highest BCUT2D eigenvalue weighted by molar-refractivity contribution is 6.31. The average Bonchev–Trinajstić information content (AvgIpc) is 2.91. The average molecular weight is 375 g/mol. The highest BCUT2D eigenvalue weighted by Gasteiger charge is 2.06. The summed E-state index contributed by atoms with van der Waals surface area (Å²) in [5.41, 5.74) is 8.21. The molecule has 5 nitrogen and oxygen atoms in total. The maximum Gasteiger partial charge on any atom is 0.221 e. The van der Waals surface area contributed by atoms with Gasteiger partial charge in [-0.1, -0.05) is 41.4 Å². The topological polar surface area (TPSA) is 65.4 Å². The molecule has 1 aromatic heterocycles. The molecule has 2 N–H and O–H groups in total. The standard InChI is InChI=1S/C18H16Cl2N4O/c1-12-10-24(18(21)23-12)22-9-14-8-15(19)6-7-17(14)25-11-13-4-2-3-5-16(13)20/h2-10H,11H2,1H3,(H2,21,23). The van der Waals surface area contributed by atoms with E-state index in [2.05, 4.69) is 10.1 Å². The molecule has 0 amide bonds. The van der Waals surface area contributed by atoms with Crippen LogP contribution in [0.25, 0.3) is 0 Å². The number of benzene rings is 2. The maximum absolute atomic E-state index is 6.16. The van der Waals surface area contributed by atoms with Gasteiger partial charge < -0.3 is 10.5 Å². The molecule has 7 heteroatoms. The number of halogens is 2. The van der Waals surface area contributed by atoms with E-state index in [1.54, 1.807) is 30.6 Å². The van der Waals surface area contributed by atoms with E-state index in [-0.39, 0.29) is 0 Å². The first kappa shape index (κ1) is 17.3. The Morgan fingerprint density at radius 2 is 2.04 bits per heavy atom. The lowest BCUT2D eigenvalue weighted by atomic mass is 10.2. The molecule has 0 spiro atoms. The second kappa shape index (κ2) is 7.59. The Morgan fingerprint density at radius 1 is 1.24 bits per heavy atom. The summed E-state index contributed by atoms with van der Waals surface area (Å²) in [5.74, 6) is 0.956. The molecule has 0 atom stereocenters. The third-order valence-corrected chi connectivity index (χ3v) is 4.07. The van der Waals surface area contributed by atoms with Crippen LogP contribution in [-0.4, -0.2) is 15.9 Å². The first-order valence-electron chi connectivity index (χ1n) is 7.54. The molecule has 128 valence electrons. The number of hydrogen-bond donors (Lipinski definition) is 1. The minimum absolute atomic E-state index is 0.314. The lowest BCUT2D eigenvalue weighted by Crippen LogP contribution is -2.01. The fraction of sp³-hybridized carbons (Fsp3) is 0.111. The van der Waals surface area contributed by atoms with E-state index < -0.39 is 0 Å². The number of imidazole rings is 1. The molecule has 0 saturated heterocycles. The number of ether oxygens (including phenoxy) is 1. The molecule has 0 aliphatic carbocycles. The van der Waals surface area contributed by atoms with Gasteiger partial charge in [-0.2, -0.15) is 5.10 Å². The van der Waals surface area contributed by atoms with Gasteiger partial charge in [0.1, 0.15) is 12.4 Å². The number of nitrogen functional groups attached to an aromatic ring is 1. The number of aromatic nitrogens is 2. The molecule has 0 fully saturated rings. The van der Waals surface area contributed by atoms with Crippen LogP contribution >= 0.6 is 23.2 Å². The summed E-state index contributed by atoms with van der Waals surface area (Å²) in [5, 5.41) is 5.56. The smallest absolute Gasteiger partial charge is 0.221 e. The van der Waals surface area contributed by atoms with Crippen molar-refractivity contribution in [1.29, 1.82) is 0 Å². The van der Waals surface area contributed by atoms with Crippen molar-refractivity contribution in [3.8, 4) is 5.75 Å². The Balaban J connectivity index is 1.83. The van der Waals surface area contributed by atoms with E-state index in [1.807, 2.05) is 31.2 Å². The highest BCUT2D eigenvalue weighted by atomic mass is 35.5. The van der Waals surface area contributed by atoms with Gasteiger partial charge in [-0.3, -0.25) is 0 Å². The van der Waals surface area contributed by atoms with Crippen LogP contribution in [0, 0.1) is 6.92 Å². The highest BCUT2D eigenvalue weighted by Crippen LogP contribution is 2.24. The molecule has 3 aromatic rings. The largest absolute Gasteiger partial charge is 0.488 e. The van der Waals surface area contributed by atoms with Crippen molar-refractivity contribution in [3.05, 3.63) is 75.5 Å². The molecule has 3 rings (SSSR count). The second-order valence-corrected chi connectivity index (χ2v) is 6.24. The van der Waals surface area contributed by atoms with E-state index in [0.29, 0.717) is 28.3 Å². The van der Waals surface area contributed by atoms with Gasteiger partial charge in [0.2, 0.25) is 5.95 Å². The molecule has 25 heavy (non-hydrogen) atoms. The summed E-state index contributed by atoms with van der Waals surface area (Å²) in [6.45, 7) is 2.19. The lowest BCUT2D eigenvalue weighted by Gasteiger charge is -2.10. The number of anilines is 1. The van der Waals surface area contributed by atoms with Crippen LogP contribution in [0.15, 0.2) is 53.8 Å². The van der Waals surface area contributed by atoms with Gasteiger partial charge in [-0.05, 0) is 31.2 Å². The molecule has 2 aromatic carbocycles. The van der Waals surface area contributed by atoms with Crippen LogP contribution in [0.4, 0.5) is 5.95 Å². The zero-order valence-corrected chi connectivity index (χ0v) is 15.0. The van der Waals surface area contributed by atoms with Gasteiger partial charge in [0, 0.05) is 21.2 Å². The predicted molar refractivity (Wildman–Crippen MR) is 102 cm³/mol. The zero-order valence-electron chi connectivity index (χ0n) is 13.5. The molecule has 0 radical (unpaired) electrons. The van der Waals surface area contributed by atoms with Crippen molar-refractivity contribution in [2.45, 2.75) is 13.5 Å². The van der Waals surface area contributed by atoms with Crippen molar-refractivity contribution in [1.82, 2.24) is 9.66 Å². The van der Waals surface area contributed by atoms with Crippen LogP contribution < -0.4 is 10.5 Å². The first-order valence-corrected chi connectivity index (χ1v) is 8.30. The van der Waals surface area contributed by atoms with E-state index in [0.717, 1.165) is 16.8 Å². The maximum atomic E-state index is 6.16. The van der Waals surface area contributed by atoms with Crippen molar-refractivity contribution in [3.63, 3.8) is 0 Å². The fourth-order valence-corrected chi connectivity index (χ4v) is 2.61. The van der Waals surface area contributed by atoms with Gasteiger partial charge in [0.15, 0.2) is 0 Å². The summed E-state index contributed by atoms with van der Waals surface area (Å²) in [6.07, 6.45) is 3.37. The van der Waals surface area contributed by atoms with Gasteiger partial charge in [0.05, 0.1) is 18.1 Å². The van der Waals surface area contributed by atoms with Crippen molar-refractivity contribution in [2.24, 2.45) is 5.10 Å². The number of nitrogens with two attached hydrogens (primary N) is 1. The Hall–Kier alpha value is -2.50. The van der Waals surface area contributed by atoms with Crippen LogP contribution in [-0.2, 0) is 6.61 Å². The minimum Gasteiger partial charge on any atom is -0.488 e. The molecule has 0 unspecified atom stereocenters. The number of hydrogen-bond acceptors (Lipinski definition) is 4. The Kier molecular flexibility index (Phi) is 5.26. The summed E-state index contributed by atoms with van der Waals surface area (Å²) in [7, 11) is 0. The monoisotopic (exact) mass is 374 g/mol. The normalized spacial score (nSPS) is 11.2. The van der Waals surface area contributed by atoms with Gasteiger partial charge in [-0.15, -0.1) is 0 Å². The fourth-order valence-electron chi connectivity index (χ4n) is 2.24. The SMILES string of the molecule is Cc1cn(N=Cc2cc(Cl)ccc2OCc2ccccc2Cl)c(N)n1. The Labute approximate surface area is 155 Å². The number of rotatable bonds is 5. The first-order chi connectivity index (χ1) is 12.0. The van der Waals surface area contributed by atoms with Crippen molar-refractivity contribution in [2.75, 3.05) is 5.73 Å². The summed E-state index contributed by atoms with van der Waals surface area (Å²) in [6, 6.07) is 12.9. The Morgan fingerprint density at radius 3 is 2.76 bits per heavy atom. The van der Waals surface area contributed by atoms with Crippen LogP contribution in [0.2, 0.25) is 10.0 Å². The second-order valence-electron chi connectivity index (χ2n) is 5.39. The zero-order chi connectivity index (χ0) is 17.8. The van der Waals surface area contributed by atoms with Crippen LogP contribution in [0.3, 0.4) is 0 Å². The third-order valence-electron chi connectivity index (χ3n) is 3.47. The number of nitrogens with zero attached hydrogens (tertiary/aromatic N) is 3. The van der Waals surface area contributed by atoms with Crippen molar-refractivity contribution >= 4 is 35.4 Å². The summed E-state index contributed by atoms with van der Waals surface area (Å²) < 4.78 is 7.39. The molecule has 0 bridgehead atoms. The minimum atomic E-state index is 0.314. The van der Waals surface area contributed by atoms with E-state index in [4.69, 9.17) is 33.7 Å². The quantitative estimate of drug-likeness (QED) is 0.666. The predicted octanol–water partition coefficient (Wildman–Crippen LogP) is 4.54. The van der Waals surface area contributed by atoms with E-state index in [1.165, 1.54) is 4.68 Å². The Bertz CT molecular complexity index is 921. The van der Waals surface area contributed by atoms with Gasteiger partial charge >= 0.3 is 0 Å². The molecule has 0 aliphatic heterocycles. The van der Waals surface area contributed by atoms with Crippen LogP contribution in [0.1, 0.15) is 16.8 Å². The molecule has 0 saturated carbocycles. The molecular formula is C18H16Cl2N4O. The molecular weight excluding hydrogens is 359 g/mol. The number of aryl methyl sites for hydroxylation is 1. The van der Waals surface area contributed by atoms with Gasteiger partial charge in [0.25, 0.3) is 0 Å². The van der Waals surface area contributed by atoms with E-state index >= 15 is 0 Å². The molecule has 1 heterocycles. The van der Waals surface area contributed by atoms with Crippen molar-refractivity contribution < 1.29 is 4.74 Å². The van der Waals surface area contributed by atoms with E-state index in [9.17, 15) is 0 Å². The molecule has 0 aliphatic rings.